The van der Waals surface area contributed by atoms with E-state index in [-0.39, 0.29) is 17.9 Å². The highest BCUT2D eigenvalue weighted by Crippen LogP contribution is 2.38. The van der Waals surface area contributed by atoms with Gasteiger partial charge in [0.1, 0.15) is 11.6 Å². The van der Waals surface area contributed by atoms with Crippen LogP contribution in [0.1, 0.15) is 39.5 Å². The molecule has 0 radical (unpaired) electrons. The van der Waals surface area contributed by atoms with Gasteiger partial charge < -0.3 is 10.2 Å². The molecule has 1 atom stereocenters. The second-order valence-corrected chi connectivity index (χ2v) is 6.51. The zero-order valence-electron chi connectivity index (χ0n) is 11.2. The van der Waals surface area contributed by atoms with Gasteiger partial charge in [-0.25, -0.2) is 0 Å². The summed E-state index contributed by atoms with van der Waals surface area (Å²) in [5.74, 6) is 2.13. The zero-order valence-corrected chi connectivity index (χ0v) is 12.0. The van der Waals surface area contributed by atoms with E-state index in [1.165, 1.54) is 0 Å². The molecule has 102 valence electrons. The van der Waals surface area contributed by atoms with Crippen LogP contribution in [0.15, 0.2) is 0 Å². The molecule has 0 aromatic rings. The van der Waals surface area contributed by atoms with E-state index < -0.39 is 5.54 Å². The van der Waals surface area contributed by atoms with E-state index in [2.05, 4.69) is 12.2 Å². The van der Waals surface area contributed by atoms with E-state index in [0.717, 1.165) is 37.2 Å². The van der Waals surface area contributed by atoms with E-state index in [1.807, 2.05) is 16.7 Å². The van der Waals surface area contributed by atoms with Gasteiger partial charge in [0.15, 0.2) is 0 Å². The van der Waals surface area contributed by atoms with Crippen molar-refractivity contribution in [2.45, 2.75) is 51.1 Å². The SMILES string of the molecule is CCSCCN1C(=O)C(C)NC(=O)C12CCCC2. The molecule has 0 aromatic heterocycles. The topological polar surface area (TPSA) is 49.4 Å². The van der Waals surface area contributed by atoms with Crippen molar-refractivity contribution in [2.75, 3.05) is 18.1 Å². The molecule has 2 rings (SSSR count). The molecular formula is C13H22N2O2S. The lowest BCUT2D eigenvalue weighted by Gasteiger charge is -2.45. The van der Waals surface area contributed by atoms with Gasteiger partial charge in [-0.05, 0) is 25.5 Å². The highest BCUT2D eigenvalue weighted by molar-refractivity contribution is 7.99. The molecule has 1 unspecified atom stereocenters. The predicted molar refractivity (Wildman–Crippen MR) is 73.5 cm³/mol. The lowest BCUT2D eigenvalue weighted by atomic mass is 9.90. The third kappa shape index (κ3) is 2.25. The van der Waals surface area contributed by atoms with Gasteiger partial charge in [-0.2, -0.15) is 11.8 Å². The number of nitrogens with zero attached hydrogens (tertiary/aromatic N) is 1. The Labute approximate surface area is 113 Å². The number of rotatable bonds is 4. The first-order valence-electron chi connectivity index (χ1n) is 6.82. The number of piperazine rings is 1. The minimum absolute atomic E-state index is 0.0635. The molecule has 2 aliphatic rings. The summed E-state index contributed by atoms with van der Waals surface area (Å²) in [7, 11) is 0. The molecule has 1 N–H and O–H groups in total. The lowest BCUT2D eigenvalue weighted by Crippen LogP contribution is -2.69. The molecule has 1 aliphatic carbocycles. The van der Waals surface area contributed by atoms with Crippen molar-refractivity contribution in [1.82, 2.24) is 10.2 Å². The maximum absolute atomic E-state index is 12.3. The van der Waals surface area contributed by atoms with Crippen LogP contribution in [-0.2, 0) is 9.59 Å². The normalized spacial score (nSPS) is 26.8. The zero-order chi connectivity index (χ0) is 13.2. The van der Waals surface area contributed by atoms with Crippen LogP contribution in [-0.4, -0.2) is 46.3 Å². The van der Waals surface area contributed by atoms with Crippen molar-refractivity contribution in [2.24, 2.45) is 0 Å². The number of nitrogens with one attached hydrogen (secondary N) is 1. The average molecular weight is 270 g/mol. The first kappa shape index (κ1) is 13.7. The van der Waals surface area contributed by atoms with Crippen LogP contribution in [0, 0.1) is 0 Å². The lowest BCUT2D eigenvalue weighted by molar-refractivity contribution is -0.156. The second kappa shape index (κ2) is 5.51. The third-order valence-electron chi connectivity index (χ3n) is 4.02. The first-order chi connectivity index (χ1) is 8.62. The van der Waals surface area contributed by atoms with E-state index in [1.54, 1.807) is 6.92 Å². The van der Waals surface area contributed by atoms with Gasteiger partial charge in [-0.3, -0.25) is 9.59 Å². The Kier molecular flexibility index (Phi) is 4.20. The maximum atomic E-state index is 12.3. The van der Waals surface area contributed by atoms with Gasteiger partial charge in [0.05, 0.1) is 0 Å². The fourth-order valence-corrected chi connectivity index (χ4v) is 3.64. The van der Waals surface area contributed by atoms with Crippen molar-refractivity contribution in [1.29, 1.82) is 0 Å². The van der Waals surface area contributed by atoms with Crippen molar-refractivity contribution >= 4 is 23.6 Å². The summed E-state index contributed by atoms with van der Waals surface area (Å²) in [5, 5.41) is 2.85. The van der Waals surface area contributed by atoms with Crippen LogP contribution in [0.25, 0.3) is 0 Å². The maximum Gasteiger partial charge on any atom is 0.246 e. The highest BCUT2D eigenvalue weighted by Gasteiger charge is 2.52. The van der Waals surface area contributed by atoms with Gasteiger partial charge in [0.25, 0.3) is 0 Å². The largest absolute Gasteiger partial charge is 0.343 e. The van der Waals surface area contributed by atoms with E-state index >= 15 is 0 Å². The minimum Gasteiger partial charge on any atom is -0.343 e. The van der Waals surface area contributed by atoms with E-state index in [4.69, 9.17) is 0 Å². The van der Waals surface area contributed by atoms with E-state index in [0.29, 0.717) is 6.54 Å². The molecule has 0 bridgehead atoms. The molecule has 5 heteroatoms. The second-order valence-electron chi connectivity index (χ2n) is 5.12. The number of thioether (sulfide) groups is 1. The fourth-order valence-electron chi connectivity index (χ4n) is 3.04. The minimum atomic E-state index is -0.530. The Morgan fingerprint density at radius 1 is 1.39 bits per heavy atom. The molecule has 1 aliphatic heterocycles. The Morgan fingerprint density at radius 2 is 2.06 bits per heavy atom. The first-order valence-corrected chi connectivity index (χ1v) is 7.97. The molecule has 2 amide bonds. The fraction of sp³-hybridized carbons (Fsp3) is 0.846. The van der Waals surface area contributed by atoms with Crippen molar-refractivity contribution in [3.8, 4) is 0 Å². The predicted octanol–water partition coefficient (Wildman–Crippen LogP) is 1.40. The summed E-state index contributed by atoms with van der Waals surface area (Å²) in [6.07, 6.45) is 3.75. The molecule has 2 fully saturated rings. The van der Waals surface area contributed by atoms with Gasteiger partial charge >= 0.3 is 0 Å². The molecule has 1 spiro atoms. The Bertz CT molecular complexity index is 340. The number of hydrogen-bond acceptors (Lipinski definition) is 3. The molecular weight excluding hydrogens is 248 g/mol. The summed E-state index contributed by atoms with van der Waals surface area (Å²) in [6.45, 7) is 4.60. The molecule has 18 heavy (non-hydrogen) atoms. The average Bonchev–Trinajstić information content (AvgIpc) is 2.82. The summed E-state index contributed by atoms with van der Waals surface area (Å²) < 4.78 is 0. The molecule has 4 nitrogen and oxygen atoms in total. The van der Waals surface area contributed by atoms with Crippen LogP contribution in [0.4, 0.5) is 0 Å². The van der Waals surface area contributed by atoms with Gasteiger partial charge in [-0.1, -0.05) is 19.8 Å². The number of amides is 2. The number of carbonyl (C=O) groups is 2. The summed E-state index contributed by atoms with van der Waals surface area (Å²) >= 11 is 1.82. The van der Waals surface area contributed by atoms with Gasteiger partial charge in [-0.15, -0.1) is 0 Å². The number of hydrogen-bond donors (Lipinski definition) is 1. The van der Waals surface area contributed by atoms with E-state index in [9.17, 15) is 9.59 Å². The van der Waals surface area contributed by atoms with Crippen molar-refractivity contribution in [3.05, 3.63) is 0 Å². The Morgan fingerprint density at radius 3 is 2.67 bits per heavy atom. The van der Waals surface area contributed by atoms with Crippen LogP contribution < -0.4 is 5.32 Å². The summed E-state index contributed by atoms with van der Waals surface area (Å²) in [6, 6.07) is -0.365. The van der Waals surface area contributed by atoms with Crippen molar-refractivity contribution in [3.63, 3.8) is 0 Å². The molecule has 0 aromatic carbocycles. The number of carbonyl (C=O) groups excluding carboxylic acids is 2. The molecule has 1 heterocycles. The van der Waals surface area contributed by atoms with Gasteiger partial charge in [0, 0.05) is 12.3 Å². The van der Waals surface area contributed by atoms with Crippen LogP contribution >= 0.6 is 11.8 Å². The van der Waals surface area contributed by atoms with Crippen LogP contribution in [0.5, 0.6) is 0 Å². The summed E-state index contributed by atoms with van der Waals surface area (Å²) in [4.78, 5) is 26.5. The molecule has 1 saturated heterocycles. The van der Waals surface area contributed by atoms with Crippen molar-refractivity contribution < 1.29 is 9.59 Å². The Balaban J connectivity index is 2.17. The highest BCUT2D eigenvalue weighted by atomic mass is 32.2. The molecule has 1 saturated carbocycles. The smallest absolute Gasteiger partial charge is 0.246 e. The van der Waals surface area contributed by atoms with Crippen LogP contribution in [0.2, 0.25) is 0 Å². The third-order valence-corrected chi connectivity index (χ3v) is 4.90. The van der Waals surface area contributed by atoms with Gasteiger partial charge in [0.2, 0.25) is 11.8 Å². The Hall–Kier alpha value is -0.710. The monoisotopic (exact) mass is 270 g/mol. The standard InChI is InChI=1S/C13H22N2O2S/c1-3-18-9-8-15-11(16)10(2)14-12(17)13(15)6-4-5-7-13/h10H,3-9H2,1-2H3,(H,14,17). The van der Waals surface area contributed by atoms with Crippen LogP contribution in [0.3, 0.4) is 0 Å². The quantitative estimate of drug-likeness (QED) is 0.786. The summed E-state index contributed by atoms with van der Waals surface area (Å²) in [5.41, 5.74) is -0.530.